The van der Waals surface area contributed by atoms with Crippen LogP contribution in [0.15, 0.2) is 72.8 Å². The molecule has 0 spiro atoms. The highest BCUT2D eigenvalue weighted by atomic mass is 32.1. The Morgan fingerprint density at radius 2 is 1.65 bits per heavy atom. The van der Waals surface area contributed by atoms with Crippen molar-refractivity contribution >= 4 is 38.8 Å². The standard InChI is InChI=1S/C30H27N3O3S/c1-17-10-12-22(18(2)14-17)32-29(34)28-27(31)26-21(20-11-13-24(35-3)25(15-20)36-4)16-23(33-30(26)37-28)19-8-6-5-7-9-19/h5-16H,31H2,1-4H3,(H,32,34). The van der Waals surface area contributed by atoms with Crippen molar-refractivity contribution in [2.24, 2.45) is 0 Å². The number of hydrogen-bond acceptors (Lipinski definition) is 6. The van der Waals surface area contributed by atoms with Gasteiger partial charge in [-0.2, -0.15) is 0 Å². The van der Waals surface area contributed by atoms with Crippen LogP contribution in [0.25, 0.3) is 32.6 Å². The van der Waals surface area contributed by atoms with Crippen molar-refractivity contribution in [2.45, 2.75) is 13.8 Å². The third-order valence-electron chi connectivity index (χ3n) is 6.30. The summed E-state index contributed by atoms with van der Waals surface area (Å²) in [6, 6.07) is 23.6. The number of carbonyl (C=O) groups excluding carboxylic acids is 1. The molecule has 37 heavy (non-hydrogen) atoms. The van der Waals surface area contributed by atoms with Gasteiger partial charge in [-0.3, -0.25) is 4.79 Å². The SMILES string of the molecule is COc1ccc(-c2cc(-c3ccccc3)nc3sc(C(=O)Nc4ccc(C)cc4C)c(N)c23)cc1OC. The largest absolute Gasteiger partial charge is 0.493 e. The molecule has 186 valence electrons. The van der Waals surface area contributed by atoms with E-state index in [9.17, 15) is 4.79 Å². The monoisotopic (exact) mass is 509 g/mol. The zero-order chi connectivity index (χ0) is 26.1. The van der Waals surface area contributed by atoms with Gasteiger partial charge in [0.15, 0.2) is 11.5 Å². The number of nitrogens with zero attached hydrogens (tertiary/aromatic N) is 1. The summed E-state index contributed by atoms with van der Waals surface area (Å²) in [6.45, 7) is 3.99. The molecule has 0 unspecified atom stereocenters. The van der Waals surface area contributed by atoms with Crippen LogP contribution in [0.4, 0.5) is 11.4 Å². The Balaban J connectivity index is 1.68. The Bertz CT molecular complexity index is 1630. The van der Waals surface area contributed by atoms with Gasteiger partial charge in [0.2, 0.25) is 0 Å². The predicted octanol–water partition coefficient (Wildman–Crippen LogP) is 7.10. The maximum Gasteiger partial charge on any atom is 0.267 e. The number of ether oxygens (including phenoxy) is 2. The van der Waals surface area contributed by atoms with Gasteiger partial charge in [0, 0.05) is 16.6 Å². The van der Waals surface area contributed by atoms with Gasteiger partial charge in [0.1, 0.15) is 9.71 Å². The minimum atomic E-state index is -0.257. The number of methoxy groups -OCH3 is 2. The topological polar surface area (TPSA) is 86.5 Å². The summed E-state index contributed by atoms with van der Waals surface area (Å²) in [5, 5.41) is 3.76. The van der Waals surface area contributed by atoms with Crippen molar-refractivity contribution < 1.29 is 14.3 Å². The lowest BCUT2D eigenvalue weighted by molar-refractivity contribution is 0.103. The zero-order valence-corrected chi connectivity index (χ0v) is 21.9. The van der Waals surface area contributed by atoms with Crippen LogP contribution in [0, 0.1) is 13.8 Å². The highest BCUT2D eigenvalue weighted by molar-refractivity contribution is 7.21. The van der Waals surface area contributed by atoms with Crippen LogP contribution in [-0.2, 0) is 0 Å². The highest BCUT2D eigenvalue weighted by Gasteiger charge is 2.23. The van der Waals surface area contributed by atoms with Crippen LogP contribution < -0.4 is 20.5 Å². The minimum Gasteiger partial charge on any atom is -0.493 e. The van der Waals surface area contributed by atoms with Gasteiger partial charge >= 0.3 is 0 Å². The van der Waals surface area contributed by atoms with E-state index >= 15 is 0 Å². The lowest BCUT2D eigenvalue weighted by Crippen LogP contribution is -2.12. The molecule has 0 radical (unpaired) electrons. The van der Waals surface area contributed by atoms with Crippen LogP contribution in [0.1, 0.15) is 20.8 Å². The highest BCUT2D eigenvalue weighted by Crippen LogP contribution is 2.43. The smallest absolute Gasteiger partial charge is 0.267 e. The van der Waals surface area contributed by atoms with Crippen LogP contribution in [0.3, 0.4) is 0 Å². The number of pyridine rings is 1. The second-order valence-corrected chi connectivity index (χ2v) is 9.79. The number of hydrogen-bond donors (Lipinski definition) is 2. The molecule has 2 aromatic heterocycles. The van der Waals surface area contributed by atoms with Crippen molar-refractivity contribution in [3.05, 3.63) is 88.8 Å². The molecule has 1 amide bonds. The molecule has 0 saturated carbocycles. The molecule has 5 rings (SSSR count). The van der Waals surface area contributed by atoms with Crippen molar-refractivity contribution in [1.29, 1.82) is 0 Å². The van der Waals surface area contributed by atoms with E-state index in [1.807, 2.05) is 86.6 Å². The molecule has 0 atom stereocenters. The summed E-state index contributed by atoms with van der Waals surface area (Å²) in [7, 11) is 3.21. The number of carbonyl (C=O) groups is 1. The first-order chi connectivity index (χ1) is 17.9. The molecule has 0 bridgehead atoms. The van der Waals surface area contributed by atoms with Gasteiger partial charge in [-0.1, -0.05) is 54.1 Å². The molecule has 0 saturated heterocycles. The number of fused-ring (bicyclic) bond motifs is 1. The Hall–Kier alpha value is -4.36. The van der Waals surface area contributed by atoms with E-state index in [0.29, 0.717) is 26.9 Å². The van der Waals surface area contributed by atoms with Gasteiger partial charge in [-0.15, -0.1) is 11.3 Å². The van der Waals surface area contributed by atoms with Gasteiger partial charge in [-0.25, -0.2) is 4.98 Å². The van der Waals surface area contributed by atoms with Gasteiger partial charge < -0.3 is 20.5 Å². The van der Waals surface area contributed by atoms with Gasteiger partial charge in [0.05, 0.1) is 25.6 Å². The fraction of sp³-hybridized carbons (Fsp3) is 0.133. The lowest BCUT2D eigenvalue weighted by atomic mass is 9.99. The van der Waals surface area contributed by atoms with E-state index < -0.39 is 0 Å². The predicted molar refractivity (Wildman–Crippen MR) is 152 cm³/mol. The molecule has 0 fully saturated rings. The summed E-state index contributed by atoms with van der Waals surface area (Å²) in [6.07, 6.45) is 0. The van der Waals surface area contributed by atoms with E-state index in [-0.39, 0.29) is 5.91 Å². The van der Waals surface area contributed by atoms with Crippen LogP contribution >= 0.6 is 11.3 Å². The maximum atomic E-state index is 13.4. The molecule has 0 aliphatic heterocycles. The molecular formula is C30H27N3O3S. The fourth-order valence-corrected chi connectivity index (χ4v) is 5.43. The number of aryl methyl sites for hydroxylation is 2. The van der Waals surface area contributed by atoms with Crippen LogP contribution in [0.2, 0.25) is 0 Å². The Kier molecular flexibility index (Phi) is 6.54. The summed E-state index contributed by atoms with van der Waals surface area (Å²) in [5.41, 5.74) is 13.5. The van der Waals surface area contributed by atoms with Crippen molar-refractivity contribution in [1.82, 2.24) is 4.98 Å². The molecule has 3 N–H and O–H groups in total. The number of aromatic nitrogens is 1. The first-order valence-electron chi connectivity index (χ1n) is 11.8. The summed E-state index contributed by atoms with van der Waals surface area (Å²) >= 11 is 1.29. The number of amides is 1. The van der Waals surface area contributed by atoms with E-state index in [4.69, 9.17) is 20.2 Å². The quantitative estimate of drug-likeness (QED) is 0.255. The Labute approximate surface area is 219 Å². The van der Waals surface area contributed by atoms with Crippen LogP contribution in [0.5, 0.6) is 11.5 Å². The summed E-state index contributed by atoms with van der Waals surface area (Å²) < 4.78 is 11.0. The van der Waals surface area contributed by atoms with E-state index in [0.717, 1.165) is 44.6 Å². The number of anilines is 2. The second kappa shape index (κ2) is 9.95. The molecule has 7 heteroatoms. The average molecular weight is 510 g/mol. The number of nitrogens with one attached hydrogen (secondary N) is 1. The van der Waals surface area contributed by atoms with E-state index in [2.05, 4.69) is 5.32 Å². The average Bonchev–Trinajstić information content (AvgIpc) is 3.26. The zero-order valence-electron chi connectivity index (χ0n) is 21.1. The van der Waals surface area contributed by atoms with E-state index in [1.165, 1.54) is 11.3 Å². The third-order valence-corrected chi connectivity index (χ3v) is 7.40. The van der Waals surface area contributed by atoms with Gasteiger partial charge in [-0.05, 0) is 54.8 Å². The van der Waals surface area contributed by atoms with Gasteiger partial charge in [0.25, 0.3) is 5.91 Å². The third kappa shape index (κ3) is 4.61. The summed E-state index contributed by atoms with van der Waals surface area (Å²) in [4.78, 5) is 19.4. The number of rotatable bonds is 6. The van der Waals surface area contributed by atoms with Crippen molar-refractivity contribution in [3.8, 4) is 33.9 Å². The van der Waals surface area contributed by atoms with Crippen LogP contribution in [-0.4, -0.2) is 25.1 Å². The summed E-state index contributed by atoms with van der Waals surface area (Å²) in [5.74, 6) is 0.978. The first kappa shape index (κ1) is 24.3. The molecule has 0 aliphatic carbocycles. The minimum absolute atomic E-state index is 0.257. The molecule has 3 aromatic carbocycles. The lowest BCUT2D eigenvalue weighted by Gasteiger charge is -2.12. The molecule has 6 nitrogen and oxygen atoms in total. The van der Waals surface area contributed by atoms with E-state index in [1.54, 1.807) is 14.2 Å². The number of nitrogen functional groups attached to an aromatic ring is 1. The van der Waals surface area contributed by atoms with Crippen molar-refractivity contribution in [2.75, 3.05) is 25.3 Å². The maximum absolute atomic E-state index is 13.4. The molecular weight excluding hydrogens is 482 g/mol. The second-order valence-electron chi connectivity index (χ2n) is 8.79. The molecule has 5 aromatic rings. The molecule has 0 aliphatic rings. The normalized spacial score (nSPS) is 10.9. The number of thiophene rings is 1. The number of benzene rings is 3. The number of nitrogens with two attached hydrogens (primary N) is 1. The first-order valence-corrected chi connectivity index (χ1v) is 12.6. The fourth-order valence-electron chi connectivity index (χ4n) is 4.41. The van der Waals surface area contributed by atoms with Crippen molar-refractivity contribution in [3.63, 3.8) is 0 Å². The Morgan fingerprint density at radius 1 is 0.892 bits per heavy atom. The molecule has 2 heterocycles. The Morgan fingerprint density at radius 3 is 2.35 bits per heavy atom.